The summed E-state index contributed by atoms with van der Waals surface area (Å²) in [6.07, 6.45) is 4.76. The molecule has 0 atom stereocenters. The number of carbonyl (C=O) groups excluding carboxylic acids is 1. The van der Waals surface area contributed by atoms with E-state index in [0.717, 1.165) is 29.0 Å². The first-order chi connectivity index (χ1) is 11.7. The first-order valence-corrected chi connectivity index (χ1v) is 8.00. The Kier molecular flexibility index (Phi) is 5.06. The van der Waals surface area contributed by atoms with Crippen LogP contribution < -0.4 is 4.74 Å². The smallest absolute Gasteiger partial charge is 0.134 e. The topological polar surface area (TPSA) is 55.0 Å². The Labute approximate surface area is 141 Å². The number of hydrogen-bond acceptors (Lipinski definition) is 3. The number of H-pyrrole nitrogens is 1. The van der Waals surface area contributed by atoms with Crippen molar-refractivity contribution in [3.8, 4) is 17.0 Å². The van der Waals surface area contributed by atoms with E-state index in [9.17, 15) is 4.79 Å². The lowest BCUT2D eigenvalue weighted by Gasteiger charge is -2.10. The molecule has 3 aromatic rings. The number of rotatable bonds is 7. The molecule has 24 heavy (non-hydrogen) atoms. The van der Waals surface area contributed by atoms with Gasteiger partial charge in [-0.2, -0.15) is 0 Å². The second-order valence-corrected chi connectivity index (χ2v) is 5.76. The van der Waals surface area contributed by atoms with E-state index in [1.54, 1.807) is 19.4 Å². The molecule has 0 aliphatic rings. The number of para-hydroxylation sites is 1. The third kappa shape index (κ3) is 4.10. The second-order valence-electron chi connectivity index (χ2n) is 5.76. The van der Waals surface area contributed by atoms with Crippen LogP contribution in [0.5, 0.6) is 5.75 Å². The molecule has 1 N–H and O–H groups in total. The Bertz CT molecular complexity index is 793. The van der Waals surface area contributed by atoms with E-state index in [2.05, 4.69) is 22.1 Å². The van der Waals surface area contributed by atoms with Crippen molar-refractivity contribution in [1.29, 1.82) is 0 Å². The van der Waals surface area contributed by atoms with E-state index >= 15 is 0 Å². The summed E-state index contributed by atoms with van der Waals surface area (Å²) >= 11 is 0. The Morgan fingerprint density at radius 2 is 1.83 bits per heavy atom. The molecule has 0 bridgehead atoms. The number of carbonyl (C=O) groups is 1. The van der Waals surface area contributed by atoms with Gasteiger partial charge in [-0.3, -0.25) is 4.79 Å². The molecule has 0 unspecified atom stereocenters. The Morgan fingerprint density at radius 1 is 1.08 bits per heavy atom. The van der Waals surface area contributed by atoms with Crippen molar-refractivity contribution in [2.45, 2.75) is 19.8 Å². The first kappa shape index (κ1) is 16.0. The van der Waals surface area contributed by atoms with Gasteiger partial charge >= 0.3 is 0 Å². The Hall–Kier alpha value is -2.88. The zero-order valence-corrected chi connectivity index (χ0v) is 13.7. The highest BCUT2D eigenvalue weighted by Crippen LogP contribution is 2.27. The average Bonchev–Trinajstić information content (AvgIpc) is 3.11. The maximum absolute atomic E-state index is 11.1. The second kappa shape index (κ2) is 7.59. The van der Waals surface area contributed by atoms with E-state index in [-0.39, 0.29) is 5.78 Å². The Morgan fingerprint density at radius 3 is 2.54 bits per heavy atom. The number of benzene rings is 2. The van der Waals surface area contributed by atoms with Gasteiger partial charge in [0.15, 0.2) is 0 Å². The summed E-state index contributed by atoms with van der Waals surface area (Å²) in [5.74, 6) is 1.02. The van der Waals surface area contributed by atoms with Crippen molar-refractivity contribution in [2.24, 2.45) is 0 Å². The van der Waals surface area contributed by atoms with Gasteiger partial charge in [0.1, 0.15) is 11.5 Å². The zero-order chi connectivity index (χ0) is 16.8. The predicted octanol–water partition coefficient (Wildman–Crippen LogP) is 3.83. The summed E-state index contributed by atoms with van der Waals surface area (Å²) in [7, 11) is 0. The minimum atomic E-state index is 0.182. The first-order valence-electron chi connectivity index (χ1n) is 8.00. The molecular formula is C20H20N2O2. The molecule has 0 aliphatic heterocycles. The van der Waals surface area contributed by atoms with Gasteiger partial charge in [-0.05, 0) is 30.2 Å². The van der Waals surface area contributed by atoms with E-state index in [0.29, 0.717) is 13.0 Å². The number of aromatic amines is 1. The van der Waals surface area contributed by atoms with Gasteiger partial charge in [-0.1, -0.05) is 36.4 Å². The van der Waals surface area contributed by atoms with Crippen LogP contribution in [-0.4, -0.2) is 22.4 Å². The fraction of sp³-hybridized carbons (Fsp3) is 0.200. The van der Waals surface area contributed by atoms with Crippen LogP contribution in [0.25, 0.3) is 11.3 Å². The number of hydrogen-bond donors (Lipinski definition) is 1. The highest BCUT2D eigenvalue weighted by atomic mass is 16.5. The molecule has 0 saturated heterocycles. The van der Waals surface area contributed by atoms with Crippen molar-refractivity contribution < 1.29 is 9.53 Å². The third-order valence-electron chi connectivity index (χ3n) is 3.80. The van der Waals surface area contributed by atoms with E-state index in [1.807, 2.05) is 36.4 Å². The molecule has 0 radical (unpaired) electrons. The summed E-state index contributed by atoms with van der Waals surface area (Å²) < 4.78 is 5.96. The van der Waals surface area contributed by atoms with Crippen LogP contribution in [0.2, 0.25) is 0 Å². The molecule has 1 aromatic heterocycles. The molecule has 0 fully saturated rings. The highest BCUT2D eigenvalue weighted by Gasteiger charge is 2.07. The van der Waals surface area contributed by atoms with Gasteiger partial charge in [0.2, 0.25) is 0 Å². The maximum atomic E-state index is 11.1. The van der Waals surface area contributed by atoms with Gasteiger partial charge in [0.05, 0.1) is 24.8 Å². The fourth-order valence-corrected chi connectivity index (χ4v) is 2.61. The quantitative estimate of drug-likeness (QED) is 0.720. The van der Waals surface area contributed by atoms with Crippen LogP contribution in [-0.2, 0) is 17.6 Å². The van der Waals surface area contributed by atoms with E-state index in [4.69, 9.17) is 4.74 Å². The van der Waals surface area contributed by atoms with Crippen LogP contribution in [0.3, 0.4) is 0 Å². The number of imidazole rings is 1. The molecule has 0 spiro atoms. The van der Waals surface area contributed by atoms with Crippen molar-refractivity contribution >= 4 is 5.78 Å². The predicted molar refractivity (Wildman–Crippen MR) is 94.0 cm³/mol. The molecule has 4 nitrogen and oxygen atoms in total. The van der Waals surface area contributed by atoms with Crippen LogP contribution in [0, 0.1) is 0 Å². The minimum absolute atomic E-state index is 0.182. The van der Waals surface area contributed by atoms with Crippen LogP contribution in [0.4, 0.5) is 0 Å². The van der Waals surface area contributed by atoms with Crippen molar-refractivity contribution in [3.63, 3.8) is 0 Å². The third-order valence-corrected chi connectivity index (χ3v) is 3.80. The van der Waals surface area contributed by atoms with Gasteiger partial charge in [-0.15, -0.1) is 0 Å². The zero-order valence-electron chi connectivity index (χ0n) is 13.7. The van der Waals surface area contributed by atoms with Crippen molar-refractivity contribution in [1.82, 2.24) is 9.97 Å². The summed E-state index contributed by atoms with van der Waals surface area (Å²) in [6.45, 7) is 2.20. The fourth-order valence-electron chi connectivity index (χ4n) is 2.61. The average molecular weight is 320 g/mol. The minimum Gasteiger partial charge on any atom is -0.493 e. The lowest BCUT2D eigenvalue weighted by Crippen LogP contribution is -2.03. The van der Waals surface area contributed by atoms with Gasteiger partial charge in [0.25, 0.3) is 0 Å². The van der Waals surface area contributed by atoms with Gasteiger partial charge in [0, 0.05) is 18.4 Å². The molecule has 0 amide bonds. The lowest BCUT2D eigenvalue weighted by atomic mass is 10.1. The van der Waals surface area contributed by atoms with Crippen LogP contribution in [0.15, 0.2) is 61.1 Å². The largest absolute Gasteiger partial charge is 0.493 e. The molecule has 4 heteroatoms. The maximum Gasteiger partial charge on any atom is 0.134 e. The number of ketones is 1. The molecular weight excluding hydrogens is 300 g/mol. The summed E-state index contributed by atoms with van der Waals surface area (Å²) in [4.78, 5) is 18.3. The number of nitrogens with one attached hydrogen (secondary N) is 1. The number of Topliss-reactive ketones (excluding diaryl/α,β-unsaturated/α-hetero) is 1. The number of aromatic nitrogens is 2. The lowest BCUT2D eigenvalue weighted by molar-refractivity contribution is -0.116. The van der Waals surface area contributed by atoms with Crippen molar-refractivity contribution in [3.05, 3.63) is 72.2 Å². The highest BCUT2D eigenvalue weighted by molar-refractivity contribution is 5.78. The summed E-state index contributed by atoms with van der Waals surface area (Å²) in [6, 6.07) is 16.1. The normalized spacial score (nSPS) is 10.5. The van der Waals surface area contributed by atoms with Crippen LogP contribution >= 0.6 is 0 Å². The molecule has 2 aromatic carbocycles. The van der Waals surface area contributed by atoms with Crippen molar-refractivity contribution in [2.75, 3.05) is 6.61 Å². The standard InChI is InChI=1S/C20H20N2O2/c1-15(23)12-17-8-6-16(7-9-17)10-11-24-20-5-3-2-4-18(20)19-13-21-14-22-19/h2-9,13-14H,10-12H2,1H3,(H,21,22). The molecule has 1 heterocycles. The Balaban J connectivity index is 1.60. The van der Waals surface area contributed by atoms with Crippen LogP contribution in [0.1, 0.15) is 18.1 Å². The van der Waals surface area contributed by atoms with Gasteiger partial charge < -0.3 is 9.72 Å². The van der Waals surface area contributed by atoms with E-state index < -0.39 is 0 Å². The molecule has 0 saturated carbocycles. The summed E-state index contributed by atoms with van der Waals surface area (Å²) in [5.41, 5.74) is 4.20. The molecule has 0 aliphatic carbocycles. The SMILES string of the molecule is CC(=O)Cc1ccc(CCOc2ccccc2-c2cnc[nH]2)cc1. The molecule has 122 valence electrons. The number of nitrogens with zero attached hydrogens (tertiary/aromatic N) is 1. The summed E-state index contributed by atoms with van der Waals surface area (Å²) in [5, 5.41) is 0. The van der Waals surface area contributed by atoms with E-state index in [1.165, 1.54) is 5.56 Å². The molecule has 3 rings (SSSR count). The number of ether oxygens (including phenoxy) is 1. The monoisotopic (exact) mass is 320 g/mol. The van der Waals surface area contributed by atoms with Gasteiger partial charge in [-0.25, -0.2) is 4.98 Å².